The number of imidazole rings is 1. The summed E-state index contributed by atoms with van der Waals surface area (Å²) >= 11 is 0. The van der Waals surface area contributed by atoms with Crippen molar-refractivity contribution in [1.29, 1.82) is 0 Å². The van der Waals surface area contributed by atoms with Crippen molar-refractivity contribution in [2.24, 2.45) is 10.2 Å². The fourth-order valence-corrected chi connectivity index (χ4v) is 2.13. The minimum absolute atomic E-state index is 0. The van der Waals surface area contributed by atoms with Crippen molar-refractivity contribution in [2.45, 2.75) is 25.9 Å². The molecule has 0 aliphatic carbocycles. The lowest BCUT2D eigenvalue weighted by molar-refractivity contribution is -0.686. The fourth-order valence-electron chi connectivity index (χ4n) is 2.13. The van der Waals surface area contributed by atoms with Crippen LogP contribution in [0.3, 0.4) is 0 Å². The fraction of sp³-hybridized carbons (Fsp3) is 0.400. The Balaban J connectivity index is 0. The molecule has 1 aromatic carbocycles. The molecule has 0 aliphatic heterocycles. The molecule has 0 bridgehead atoms. The molecule has 142 valence electrons. The van der Waals surface area contributed by atoms with Gasteiger partial charge >= 0.3 is 5.95 Å². The number of benzene rings is 1. The lowest BCUT2D eigenvalue weighted by Gasteiger charge is -1.99. The van der Waals surface area contributed by atoms with Gasteiger partial charge in [0, 0.05) is 23.6 Å². The maximum atomic E-state index is 5.68. The second-order valence-electron chi connectivity index (χ2n) is 5.19. The lowest BCUT2D eigenvalue weighted by Crippen LogP contribution is -3.00. The van der Waals surface area contributed by atoms with Crippen LogP contribution in [0.25, 0.3) is 0 Å². The van der Waals surface area contributed by atoms with Crippen LogP contribution >= 0.6 is 0 Å². The van der Waals surface area contributed by atoms with E-state index in [1.807, 2.05) is 24.3 Å². The molecule has 1 heterocycles. The Kier molecular flexibility index (Phi) is 14.3. The van der Waals surface area contributed by atoms with E-state index in [1.165, 1.54) is 0 Å². The van der Waals surface area contributed by atoms with Gasteiger partial charge in [0.25, 0.3) is 0 Å². The van der Waals surface area contributed by atoms with Crippen molar-refractivity contribution in [3.05, 3.63) is 36.7 Å². The quantitative estimate of drug-likeness (QED) is 0.224. The molecule has 0 fully saturated rings. The largest absolute Gasteiger partial charge is 1.00 e. The van der Waals surface area contributed by atoms with Gasteiger partial charge in [0.1, 0.15) is 5.69 Å². The van der Waals surface area contributed by atoms with Crippen LogP contribution < -0.4 is 59.0 Å². The molecule has 0 radical (unpaired) electrons. The van der Waals surface area contributed by atoms with Crippen LogP contribution in [0.4, 0.5) is 17.3 Å². The van der Waals surface area contributed by atoms with Crippen molar-refractivity contribution < 1.29 is 53.3 Å². The van der Waals surface area contributed by atoms with Crippen molar-refractivity contribution in [1.82, 2.24) is 4.57 Å². The number of anilines is 1. The molecular weight excluding hydrogens is 385 g/mol. The van der Waals surface area contributed by atoms with E-state index in [4.69, 9.17) is 5.73 Å². The molecular formula is C15H26Cl3N7. The van der Waals surface area contributed by atoms with Crippen LogP contribution in [-0.2, 0) is 13.1 Å². The number of nitrogens with two attached hydrogens (primary N) is 1. The second-order valence-corrected chi connectivity index (χ2v) is 5.19. The van der Waals surface area contributed by atoms with E-state index in [9.17, 15) is 0 Å². The summed E-state index contributed by atoms with van der Waals surface area (Å²) in [6.07, 6.45) is 6.15. The summed E-state index contributed by atoms with van der Waals surface area (Å²) in [5, 5.41) is 8.76. The molecule has 7 nitrogen and oxygen atoms in total. The number of nitrogen functional groups attached to an aromatic ring is 1. The number of hydrogen-bond donors (Lipinski definition) is 3. The second kappa shape index (κ2) is 13.9. The summed E-state index contributed by atoms with van der Waals surface area (Å²) in [7, 11) is 0. The van der Waals surface area contributed by atoms with Crippen molar-refractivity contribution in [2.75, 3.05) is 18.8 Å². The third-order valence-corrected chi connectivity index (χ3v) is 3.39. The molecule has 25 heavy (non-hydrogen) atoms. The van der Waals surface area contributed by atoms with Gasteiger partial charge in [-0.05, 0) is 24.3 Å². The summed E-state index contributed by atoms with van der Waals surface area (Å²) in [4.78, 5) is 0. The Morgan fingerprint density at radius 3 is 2.20 bits per heavy atom. The number of rotatable bonds is 8. The van der Waals surface area contributed by atoms with Gasteiger partial charge < -0.3 is 54.4 Å². The van der Waals surface area contributed by atoms with E-state index < -0.39 is 0 Å². The first-order chi connectivity index (χ1) is 10.7. The van der Waals surface area contributed by atoms with Gasteiger partial charge in [-0.25, -0.2) is 9.13 Å². The van der Waals surface area contributed by atoms with Crippen LogP contribution in [0.2, 0.25) is 0 Å². The van der Waals surface area contributed by atoms with Gasteiger partial charge in [-0.3, -0.25) is 0 Å². The number of halogens is 3. The average molecular weight is 411 g/mol. The van der Waals surface area contributed by atoms with Gasteiger partial charge in [-0.2, -0.15) is 0 Å². The predicted octanol–water partition coefficient (Wildman–Crippen LogP) is -8.95. The standard InChI is InChI=1S/C15H23N7.3ClH/c16-7-1-9-21-11-12-22(10-2-8-17)15(21)20-19-14-5-3-13(18)4-6-14;;;/h3-6,11-12,18H,1-2,7-10,16-17H2;3*1H. The molecule has 2 aromatic rings. The third-order valence-electron chi connectivity index (χ3n) is 3.39. The van der Waals surface area contributed by atoms with E-state index in [-0.39, 0.29) is 37.2 Å². The van der Waals surface area contributed by atoms with Gasteiger partial charge in [0.05, 0.1) is 38.6 Å². The number of hydrogen-bond acceptors (Lipinski definition) is 3. The van der Waals surface area contributed by atoms with E-state index in [1.54, 1.807) is 0 Å². The Morgan fingerprint density at radius 2 is 1.60 bits per heavy atom. The van der Waals surface area contributed by atoms with Crippen LogP contribution in [0.15, 0.2) is 46.9 Å². The van der Waals surface area contributed by atoms with Crippen LogP contribution in [0.5, 0.6) is 0 Å². The molecule has 8 N–H and O–H groups in total. The van der Waals surface area contributed by atoms with Gasteiger partial charge in [-0.15, -0.1) is 0 Å². The molecule has 10 heteroatoms. The molecule has 0 amide bonds. The first kappa shape index (κ1) is 25.9. The summed E-state index contributed by atoms with van der Waals surface area (Å²) in [5.74, 6) is 0.860. The number of quaternary nitrogens is 2. The maximum Gasteiger partial charge on any atom is 0.421 e. The van der Waals surface area contributed by atoms with Gasteiger partial charge in [-0.1, -0.05) is 5.11 Å². The topological polar surface area (TPSA) is 115 Å². The molecule has 0 saturated heterocycles. The number of aromatic nitrogens is 2. The monoisotopic (exact) mass is 409 g/mol. The molecule has 2 rings (SSSR count). The highest BCUT2D eigenvalue weighted by Gasteiger charge is 2.16. The smallest absolute Gasteiger partial charge is 0.421 e. The Morgan fingerprint density at radius 1 is 0.960 bits per heavy atom. The van der Waals surface area contributed by atoms with E-state index in [0.29, 0.717) is 0 Å². The summed E-state index contributed by atoms with van der Waals surface area (Å²) in [6, 6.07) is 7.38. The minimum Gasteiger partial charge on any atom is -1.00 e. The number of azo groups is 1. The maximum absolute atomic E-state index is 5.68. The number of nitrogens with zero attached hydrogens (tertiary/aromatic N) is 4. The van der Waals surface area contributed by atoms with E-state index in [2.05, 4.69) is 43.2 Å². The summed E-state index contributed by atoms with van der Waals surface area (Å²) < 4.78 is 4.24. The van der Waals surface area contributed by atoms with E-state index in [0.717, 1.165) is 56.3 Å². The lowest BCUT2D eigenvalue weighted by atomic mass is 10.3. The van der Waals surface area contributed by atoms with Crippen LogP contribution in [0.1, 0.15) is 12.8 Å². The first-order valence-corrected chi connectivity index (χ1v) is 7.69. The molecule has 0 saturated carbocycles. The Hall–Kier alpha value is -1.38. The summed E-state index contributed by atoms with van der Waals surface area (Å²) in [5.41, 5.74) is 15.0. The zero-order chi connectivity index (χ0) is 15.8. The first-order valence-electron chi connectivity index (χ1n) is 7.69. The van der Waals surface area contributed by atoms with Crippen molar-refractivity contribution in [3.63, 3.8) is 0 Å². The summed E-state index contributed by atoms with van der Waals surface area (Å²) in [6.45, 7) is 3.62. The molecule has 0 spiro atoms. The van der Waals surface area contributed by atoms with Crippen molar-refractivity contribution >= 4 is 17.3 Å². The van der Waals surface area contributed by atoms with Crippen molar-refractivity contribution in [3.8, 4) is 0 Å². The SMILES string of the molecule is Nc1ccc(N=Nc2n(CCC[NH3+])cc[n+]2CCC[NH3+])cc1.[Cl-].[Cl-].[Cl-]. The van der Waals surface area contributed by atoms with Gasteiger partial charge in [0.2, 0.25) is 0 Å². The molecule has 0 atom stereocenters. The number of aryl methyl sites for hydroxylation is 2. The minimum atomic E-state index is 0. The highest BCUT2D eigenvalue weighted by atomic mass is 35.5. The Labute approximate surface area is 166 Å². The zero-order valence-corrected chi connectivity index (χ0v) is 16.4. The highest BCUT2D eigenvalue weighted by Crippen LogP contribution is 2.17. The highest BCUT2D eigenvalue weighted by molar-refractivity contribution is 5.47. The Bertz CT molecular complexity index is 589. The van der Waals surface area contributed by atoms with Gasteiger partial charge in [0.15, 0.2) is 0 Å². The normalized spacial score (nSPS) is 10.0. The zero-order valence-electron chi connectivity index (χ0n) is 14.1. The van der Waals surface area contributed by atoms with Crippen LogP contribution in [-0.4, -0.2) is 17.7 Å². The van der Waals surface area contributed by atoms with Crippen LogP contribution in [0, 0.1) is 0 Å². The molecule has 1 aromatic heterocycles. The molecule has 0 unspecified atom stereocenters. The predicted molar refractivity (Wildman–Crippen MR) is 84.4 cm³/mol. The van der Waals surface area contributed by atoms with E-state index >= 15 is 0 Å². The third kappa shape index (κ3) is 8.02. The average Bonchev–Trinajstić information content (AvgIpc) is 2.92. The molecule has 0 aliphatic rings.